The topological polar surface area (TPSA) is 77.2 Å². The fraction of sp³-hybridized carbons (Fsp3) is 0. The van der Waals surface area contributed by atoms with Crippen LogP contribution in [0.2, 0.25) is 0 Å². The zero-order valence-corrected chi connectivity index (χ0v) is 38.1. The van der Waals surface area contributed by atoms with E-state index < -0.39 is 0 Å². The maximum Gasteiger partial charge on any atom is 0.164 e. The van der Waals surface area contributed by atoms with Gasteiger partial charge in [0.25, 0.3) is 0 Å². The molecule has 0 bridgehead atoms. The van der Waals surface area contributed by atoms with Gasteiger partial charge in [-0.2, -0.15) is 5.26 Å². The van der Waals surface area contributed by atoms with E-state index in [1.807, 2.05) is 30.3 Å². The molecular weight excluding hydrogens is 867 g/mol. The molecule has 0 saturated carbocycles. The van der Waals surface area contributed by atoms with E-state index in [1.54, 1.807) is 0 Å². The van der Waals surface area contributed by atoms with E-state index in [0.717, 1.165) is 105 Å². The van der Waals surface area contributed by atoms with Crippen LogP contribution in [0.1, 0.15) is 5.56 Å². The van der Waals surface area contributed by atoms with Gasteiger partial charge in [0.2, 0.25) is 0 Å². The monoisotopic (exact) mass is 905 g/mol. The molecule has 0 atom stereocenters. The van der Waals surface area contributed by atoms with Gasteiger partial charge in [0, 0.05) is 60.4 Å². The van der Waals surface area contributed by atoms with E-state index in [4.69, 9.17) is 15.0 Å². The fourth-order valence-corrected chi connectivity index (χ4v) is 10.7. The van der Waals surface area contributed by atoms with Crippen molar-refractivity contribution in [2.75, 3.05) is 0 Å². The Morgan fingerprint density at radius 3 is 1.39 bits per heavy atom. The number of hydrogen-bond acceptors (Lipinski definition) is 4. The maximum atomic E-state index is 11.2. The maximum absolute atomic E-state index is 11.2. The Labute approximate surface area is 408 Å². The first-order valence-corrected chi connectivity index (χ1v) is 23.7. The van der Waals surface area contributed by atoms with Gasteiger partial charge in [-0.1, -0.05) is 152 Å². The zero-order valence-electron chi connectivity index (χ0n) is 38.1. The van der Waals surface area contributed by atoms with Crippen LogP contribution in [0.5, 0.6) is 0 Å². The van der Waals surface area contributed by atoms with Gasteiger partial charge in [-0.25, -0.2) is 15.0 Å². The number of rotatable bonds is 7. The highest BCUT2D eigenvalue weighted by Gasteiger charge is 2.23. The minimum absolute atomic E-state index is 0.475. The smallest absolute Gasteiger partial charge is 0.164 e. The summed E-state index contributed by atoms with van der Waals surface area (Å²) < 4.78 is 6.92. The van der Waals surface area contributed by atoms with Crippen molar-refractivity contribution in [2.45, 2.75) is 0 Å². The molecule has 71 heavy (non-hydrogen) atoms. The normalized spacial score (nSPS) is 11.6. The Morgan fingerprint density at radius 1 is 0.310 bits per heavy atom. The summed E-state index contributed by atoms with van der Waals surface area (Å²) in [6, 6.07) is 84.8. The summed E-state index contributed by atoms with van der Waals surface area (Å²) in [6.45, 7) is 0. The Bertz CT molecular complexity index is 4450. The Morgan fingerprint density at radius 2 is 0.746 bits per heavy atom. The molecule has 7 nitrogen and oxygen atoms in total. The second-order valence-electron chi connectivity index (χ2n) is 17.9. The lowest BCUT2D eigenvalue weighted by molar-refractivity contribution is 1.07. The number of nitriles is 1. The number of fused-ring (bicyclic) bond motifs is 10. The minimum Gasteiger partial charge on any atom is -0.309 e. The molecule has 4 aromatic heterocycles. The molecule has 0 fully saturated rings. The molecule has 0 aliphatic heterocycles. The number of benzene rings is 10. The predicted molar refractivity (Wildman–Crippen MR) is 289 cm³/mol. The van der Waals surface area contributed by atoms with Crippen LogP contribution < -0.4 is 0 Å². The van der Waals surface area contributed by atoms with Crippen LogP contribution in [0, 0.1) is 11.3 Å². The van der Waals surface area contributed by atoms with Crippen molar-refractivity contribution < 1.29 is 0 Å². The standard InChI is InChI=1S/C64H39N7/c65-40-46-38-44(32-35-54(46)71-56-26-14-10-22-49(56)51-34-37-59-60(61(51)71)52-24-12-15-27-57(52)70(59)48-20-8-3-9-21-48)63-66-62(43-30-28-42(29-31-43)41-16-4-1-5-17-41)67-64(68-63)45-33-36-58-53(39-45)50-23-11-13-25-55(50)69(58)47-18-6-2-7-19-47/h1-39H. The molecule has 0 aliphatic rings. The zero-order chi connectivity index (χ0) is 47.0. The molecule has 0 saturated heterocycles. The third-order valence-corrected chi connectivity index (χ3v) is 13.9. The van der Waals surface area contributed by atoms with Gasteiger partial charge in [-0.05, 0) is 96.1 Å². The molecule has 0 N–H and O–H groups in total. The highest BCUT2D eigenvalue weighted by atomic mass is 15.0. The third kappa shape index (κ3) is 6.40. The Kier molecular flexibility index (Phi) is 9.13. The SMILES string of the molecule is N#Cc1cc(-c2nc(-c3ccc(-c4ccccc4)cc3)nc(-c3ccc4c(c3)c3ccccc3n4-c3ccccc3)n2)ccc1-n1c2ccccc2c2ccc3c(c4ccccc4n3-c3ccccc3)c21. The summed E-state index contributed by atoms with van der Waals surface area (Å²) in [4.78, 5) is 15.6. The van der Waals surface area contributed by atoms with Gasteiger partial charge in [0.15, 0.2) is 17.5 Å². The summed E-state index contributed by atoms with van der Waals surface area (Å²) in [5.74, 6) is 1.55. The first-order valence-electron chi connectivity index (χ1n) is 23.7. The lowest BCUT2D eigenvalue weighted by atomic mass is 10.0. The van der Waals surface area contributed by atoms with E-state index in [2.05, 4.69) is 226 Å². The molecule has 0 spiro atoms. The van der Waals surface area contributed by atoms with Crippen molar-refractivity contribution in [3.63, 3.8) is 0 Å². The van der Waals surface area contributed by atoms with Crippen LogP contribution in [0.3, 0.4) is 0 Å². The first-order chi connectivity index (χ1) is 35.2. The van der Waals surface area contributed by atoms with Crippen LogP contribution in [0.4, 0.5) is 0 Å². The summed E-state index contributed by atoms with van der Waals surface area (Å²) in [6.07, 6.45) is 0. The van der Waals surface area contributed by atoms with Crippen LogP contribution in [-0.4, -0.2) is 28.7 Å². The Hall–Kier alpha value is -9.90. The highest BCUT2D eigenvalue weighted by Crippen LogP contribution is 2.43. The number of para-hydroxylation sites is 5. The molecular formula is C64H39N7. The number of aromatic nitrogens is 6. The molecule has 0 radical (unpaired) electrons. The van der Waals surface area contributed by atoms with Crippen molar-refractivity contribution in [1.82, 2.24) is 28.7 Å². The lowest BCUT2D eigenvalue weighted by Crippen LogP contribution is -2.02. The first kappa shape index (κ1) is 40.2. The van der Waals surface area contributed by atoms with Gasteiger partial charge >= 0.3 is 0 Å². The van der Waals surface area contributed by atoms with Crippen LogP contribution in [0.25, 0.3) is 128 Å². The van der Waals surface area contributed by atoms with Crippen molar-refractivity contribution >= 4 is 65.4 Å². The van der Waals surface area contributed by atoms with Crippen LogP contribution in [-0.2, 0) is 0 Å². The molecule has 330 valence electrons. The largest absolute Gasteiger partial charge is 0.309 e. The van der Waals surface area contributed by atoms with Crippen LogP contribution in [0.15, 0.2) is 237 Å². The second kappa shape index (κ2) is 16.1. The molecule has 10 aromatic carbocycles. The summed E-state index contributed by atoms with van der Waals surface area (Å²) in [5.41, 5.74) is 14.6. The van der Waals surface area contributed by atoms with E-state index in [0.29, 0.717) is 28.6 Å². The average Bonchev–Trinajstić information content (AvgIpc) is 4.09. The predicted octanol–water partition coefficient (Wildman–Crippen LogP) is 15.7. The van der Waals surface area contributed by atoms with Crippen molar-refractivity contribution in [2.24, 2.45) is 0 Å². The van der Waals surface area contributed by atoms with E-state index >= 15 is 0 Å². The fourth-order valence-electron chi connectivity index (χ4n) is 10.7. The van der Waals surface area contributed by atoms with Crippen molar-refractivity contribution in [3.05, 3.63) is 242 Å². The van der Waals surface area contributed by atoms with E-state index in [9.17, 15) is 5.26 Å². The minimum atomic E-state index is 0.475. The van der Waals surface area contributed by atoms with Crippen LogP contribution >= 0.6 is 0 Å². The van der Waals surface area contributed by atoms with Gasteiger partial charge in [0.05, 0.1) is 44.4 Å². The summed E-state index contributed by atoms with van der Waals surface area (Å²) in [7, 11) is 0. The average molecular weight is 906 g/mol. The van der Waals surface area contributed by atoms with Gasteiger partial charge in [-0.3, -0.25) is 0 Å². The summed E-state index contributed by atoms with van der Waals surface area (Å²) in [5, 5.41) is 17.9. The van der Waals surface area contributed by atoms with E-state index in [1.165, 1.54) is 0 Å². The third-order valence-electron chi connectivity index (χ3n) is 13.9. The van der Waals surface area contributed by atoms with Gasteiger partial charge in [-0.15, -0.1) is 0 Å². The number of hydrogen-bond donors (Lipinski definition) is 0. The highest BCUT2D eigenvalue weighted by molar-refractivity contribution is 6.26. The van der Waals surface area contributed by atoms with Gasteiger partial charge in [0.1, 0.15) is 6.07 Å². The molecule has 4 heterocycles. The lowest BCUT2D eigenvalue weighted by Gasteiger charge is -2.13. The van der Waals surface area contributed by atoms with Gasteiger partial charge < -0.3 is 13.7 Å². The second-order valence-corrected chi connectivity index (χ2v) is 17.9. The molecule has 7 heteroatoms. The number of nitrogens with zero attached hydrogens (tertiary/aromatic N) is 7. The van der Waals surface area contributed by atoms with Crippen molar-refractivity contribution in [3.8, 4) is 68.4 Å². The molecule has 14 rings (SSSR count). The van der Waals surface area contributed by atoms with E-state index in [-0.39, 0.29) is 0 Å². The molecule has 0 amide bonds. The quantitative estimate of drug-likeness (QED) is 0.160. The van der Waals surface area contributed by atoms with Crippen molar-refractivity contribution in [1.29, 1.82) is 5.26 Å². The molecule has 0 aliphatic carbocycles. The Balaban J connectivity index is 0.969. The molecule has 0 unspecified atom stereocenters. The molecule has 14 aromatic rings. The summed E-state index contributed by atoms with van der Waals surface area (Å²) >= 11 is 0.